The Labute approximate surface area is 180 Å². The van der Waals surface area contributed by atoms with Crippen LogP contribution >= 0.6 is 0 Å². The van der Waals surface area contributed by atoms with Crippen molar-refractivity contribution in [2.75, 3.05) is 6.61 Å². The lowest BCUT2D eigenvalue weighted by Crippen LogP contribution is -2.37. The number of ether oxygens (including phenoxy) is 2. The number of nitro groups is 1. The van der Waals surface area contributed by atoms with Crippen molar-refractivity contribution in [1.29, 1.82) is 0 Å². The number of carbonyl (C=O) groups is 3. The summed E-state index contributed by atoms with van der Waals surface area (Å²) >= 11 is 0. The predicted octanol–water partition coefficient (Wildman–Crippen LogP) is 3.52. The first kappa shape index (κ1) is 23.9. The van der Waals surface area contributed by atoms with Gasteiger partial charge in [-0.1, -0.05) is 12.1 Å². The molecule has 1 aliphatic rings. The van der Waals surface area contributed by atoms with Crippen LogP contribution in [0.3, 0.4) is 0 Å². The molecule has 0 aliphatic carbocycles. The summed E-state index contributed by atoms with van der Waals surface area (Å²) in [4.78, 5) is 52.2. The van der Waals surface area contributed by atoms with Gasteiger partial charge < -0.3 is 9.47 Å². The van der Waals surface area contributed by atoms with Crippen molar-refractivity contribution < 1.29 is 28.8 Å². The van der Waals surface area contributed by atoms with Crippen LogP contribution in [0, 0.1) is 16.0 Å². The van der Waals surface area contributed by atoms with E-state index in [1.54, 1.807) is 33.8 Å². The van der Waals surface area contributed by atoms with E-state index in [0.717, 1.165) is 0 Å². The van der Waals surface area contributed by atoms with Gasteiger partial charge in [-0.15, -0.1) is 0 Å². The number of hydrogen-bond donors (Lipinski definition) is 0. The van der Waals surface area contributed by atoms with E-state index < -0.39 is 34.8 Å². The number of esters is 2. The van der Waals surface area contributed by atoms with Crippen LogP contribution in [0.15, 0.2) is 40.5 Å². The SMILES string of the molecule is CC(=O)CCOC(=O)C1=C(C)N=C(C)C(C(=O)OC(C)C)C1c1cccc([N+](=O)[O-])c1. The summed E-state index contributed by atoms with van der Waals surface area (Å²) in [7, 11) is 0. The lowest BCUT2D eigenvalue weighted by molar-refractivity contribution is -0.384. The Hall–Kier alpha value is -3.36. The summed E-state index contributed by atoms with van der Waals surface area (Å²) in [6.07, 6.45) is -0.343. The lowest BCUT2D eigenvalue weighted by atomic mass is 9.75. The molecule has 1 aliphatic heterocycles. The summed E-state index contributed by atoms with van der Waals surface area (Å²) < 4.78 is 10.7. The second kappa shape index (κ2) is 10.1. The van der Waals surface area contributed by atoms with Crippen LogP contribution in [0.2, 0.25) is 0 Å². The van der Waals surface area contributed by atoms with Gasteiger partial charge in [-0.2, -0.15) is 0 Å². The maximum absolute atomic E-state index is 12.9. The molecule has 0 bridgehead atoms. The van der Waals surface area contributed by atoms with E-state index in [-0.39, 0.29) is 30.1 Å². The molecule has 0 saturated heterocycles. The molecule has 0 saturated carbocycles. The number of nitrogens with zero attached hydrogens (tertiary/aromatic N) is 2. The van der Waals surface area contributed by atoms with Crippen LogP contribution in [-0.2, 0) is 23.9 Å². The standard InChI is InChI=1S/C22H26N2O7/c1-12(2)31-22(27)19-15(5)23-14(4)18(21(26)30-10-9-13(3)25)20(19)16-7-6-8-17(11-16)24(28)29/h6-8,11-12,19-20H,9-10H2,1-5H3. The van der Waals surface area contributed by atoms with E-state index in [4.69, 9.17) is 9.47 Å². The van der Waals surface area contributed by atoms with Gasteiger partial charge >= 0.3 is 11.9 Å². The first-order valence-electron chi connectivity index (χ1n) is 9.90. The minimum absolute atomic E-state index is 0.0562. The fourth-order valence-electron chi connectivity index (χ4n) is 3.47. The molecule has 1 aromatic carbocycles. The molecule has 9 heteroatoms. The van der Waals surface area contributed by atoms with E-state index in [0.29, 0.717) is 17.0 Å². The molecule has 2 rings (SSSR count). The third kappa shape index (κ3) is 5.84. The van der Waals surface area contributed by atoms with E-state index in [1.807, 2.05) is 0 Å². The number of allylic oxidation sites excluding steroid dienone is 1. The molecule has 2 atom stereocenters. The van der Waals surface area contributed by atoms with E-state index in [1.165, 1.54) is 25.1 Å². The largest absolute Gasteiger partial charge is 0.462 e. The molecule has 0 aromatic heterocycles. The number of Topliss-reactive ketones (excluding diaryl/α,β-unsaturated/α-hetero) is 1. The first-order chi connectivity index (χ1) is 14.5. The van der Waals surface area contributed by atoms with Crippen LogP contribution in [0.1, 0.15) is 52.5 Å². The zero-order valence-corrected chi connectivity index (χ0v) is 18.2. The molecule has 0 radical (unpaired) electrons. The lowest BCUT2D eigenvalue weighted by Gasteiger charge is -2.32. The zero-order chi connectivity index (χ0) is 23.3. The summed E-state index contributed by atoms with van der Waals surface area (Å²) in [6.45, 7) is 7.94. The number of rotatable bonds is 8. The average Bonchev–Trinajstić information content (AvgIpc) is 2.66. The number of hydrogen-bond acceptors (Lipinski definition) is 8. The second-order valence-electron chi connectivity index (χ2n) is 7.63. The Bertz CT molecular complexity index is 962. The highest BCUT2D eigenvalue weighted by Gasteiger charge is 2.43. The van der Waals surface area contributed by atoms with Crippen LogP contribution in [0.25, 0.3) is 0 Å². The molecular weight excluding hydrogens is 404 g/mol. The van der Waals surface area contributed by atoms with Crippen LogP contribution in [0.4, 0.5) is 5.69 Å². The van der Waals surface area contributed by atoms with Gasteiger partial charge in [0.1, 0.15) is 11.7 Å². The molecule has 0 fully saturated rings. The third-order valence-corrected chi connectivity index (χ3v) is 4.78. The van der Waals surface area contributed by atoms with Gasteiger partial charge in [-0.05, 0) is 40.2 Å². The number of nitro benzene ring substituents is 1. The number of carbonyl (C=O) groups excluding carboxylic acids is 3. The minimum Gasteiger partial charge on any atom is -0.462 e. The summed E-state index contributed by atoms with van der Waals surface area (Å²) in [5, 5.41) is 11.3. The Morgan fingerprint density at radius 2 is 1.90 bits per heavy atom. The maximum Gasteiger partial charge on any atom is 0.336 e. The minimum atomic E-state index is -0.955. The molecule has 1 aromatic rings. The molecule has 31 heavy (non-hydrogen) atoms. The van der Waals surface area contributed by atoms with E-state index in [2.05, 4.69) is 4.99 Å². The normalized spacial score (nSPS) is 18.5. The van der Waals surface area contributed by atoms with Crippen molar-refractivity contribution >= 4 is 29.1 Å². The summed E-state index contributed by atoms with van der Waals surface area (Å²) in [5.74, 6) is -3.29. The van der Waals surface area contributed by atoms with Gasteiger partial charge in [-0.3, -0.25) is 24.7 Å². The monoisotopic (exact) mass is 430 g/mol. The molecule has 1 heterocycles. The molecular formula is C22H26N2O7. The van der Waals surface area contributed by atoms with Crippen LogP contribution < -0.4 is 0 Å². The summed E-state index contributed by atoms with van der Waals surface area (Å²) in [6, 6.07) is 5.76. The third-order valence-electron chi connectivity index (χ3n) is 4.78. The highest BCUT2D eigenvalue weighted by atomic mass is 16.6. The summed E-state index contributed by atoms with van der Waals surface area (Å²) in [5.41, 5.74) is 1.11. The van der Waals surface area contributed by atoms with E-state index >= 15 is 0 Å². The van der Waals surface area contributed by atoms with Gasteiger partial charge in [-0.25, -0.2) is 4.79 Å². The fraction of sp³-hybridized carbons (Fsp3) is 0.455. The van der Waals surface area contributed by atoms with Crippen molar-refractivity contribution in [3.63, 3.8) is 0 Å². The highest BCUT2D eigenvalue weighted by molar-refractivity contribution is 6.07. The fourth-order valence-corrected chi connectivity index (χ4v) is 3.47. The van der Waals surface area contributed by atoms with Gasteiger partial charge in [0, 0.05) is 35.9 Å². The van der Waals surface area contributed by atoms with Gasteiger partial charge in [0.25, 0.3) is 5.69 Å². The molecule has 2 unspecified atom stereocenters. The molecule has 0 N–H and O–H groups in total. The van der Waals surface area contributed by atoms with Crippen molar-refractivity contribution in [1.82, 2.24) is 0 Å². The number of non-ortho nitro benzene ring substituents is 1. The number of ketones is 1. The predicted molar refractivity (Wildman–Crippen MR) is 113 cm³/mol. The smallest absolute Gasteiger partial charge is 0.336 e. The van der Waals surface area contributed by atoms with Crippen molar-refractivity contribution in [3.05, 3.63) is 51.2 Å². The maximum atomic E-state index is 12.9. The second-order valence-corrected chi connectivity index (χ2v) is 7.63. The Morgan fingerprint density at radius 3 is 2.48 bits per heavy atom. The van der Waals surface area contributed by atoms with Crippen LogP contribution in [-0.4, -0.2) is 41.1 Å². The van der Waals surface area contributed by atoms with E-state index in [9.17, 15) is 24.5 Å². The molecule has 0 amide bonds. The van der Waals surface area contributed by atoms with Gasteiger partial charge in [0.15, 0.2) is 0 Å². The quantitative estimate of drug-likeness (QED) is 0.351. The van der Waals surface area contributed by atoms with Crippen molar-refractivity contribution in [2.24, 2.45) is 10.9 Å². The topological polar surface area (TPSA) is 125 Å². The Morgan fingerprint density at radius 1 is 1.23 bits per heavy atom. The first-order valence-corrected chi connectivity index (χ1v) is 9.90. The number of benzene rings is 1. The van der Waals surface area contributed by atoms with Gasteiger partial charge in [0.05, 0.1) is 23.2 Å². The van der Waals surface area contributed by atoms with Gasteiger partial charge in [0.2, 0.25) is 0 Å². The van der Waals surface area contributed by atoms with Crippen LogP contribution in [0.5, 0.6) is 0 Å². The molecule has 9 nitrogen and oxygen atoms in total. The Balaban J connectivity index is 2.58. The zero-order valence-electron chi connectivity index (χ0n) is 18.2. The molecule has 0 spiro atoms. The van der Waals surface area contributed by atoms with Crippen molar-refractivity contribution in [2.45, 2.75) is 53.1 Å². The highest BCUT2D eigenvalue weighted by Crippen LogP contribution is 2.41. The Kier molecular flexibility index (Phi) is 7.79. The molecule has 166 valence electrons. The average molecular weight is 430 g/mol. The number of aliphatic imine (C=N–C) groups is 1. The van der Waals surface area contributed by atoms with Crippen molar-refractivity contribution in [3.8, 4) is 0 Å².